The second-order valence-electron chi connectivity index (χ2n) is 2.63. The topological polar surface area (TPSA) is 41.3 Å². The summed E-state index contributed by atoms with van der Waals surface area (Å²) >= 11 is 0. The fourth-order valence-corrected chi connectivity index (χ4v) is 1.22. The largest absolute Gasteiger partial charge is 0.472 e. The van der Waals surface area contributed by atoms with Crippen LogP contribution >= 0.6 is 0 Å². The van der Waals surface area contributed by atoms with E-state index in [9.17, 15) is 0 Å². The Labute approximate surface area is 75.2 Å². The Kier molecular flexibility index (Phi) is 1.81. The van der Waals surface area contributed by atoms with Crippen molar-refractivity contribution in [1.29, 1.82) is 5.39 Å². The summed E-state index contributed by atoms with van der Waals surface area (Å²) in [6.45, 7) is 0. The molecule has 3 heteroatoms. The lowest BCUT2D eigenvalue weighted by molar-refractivity contribution is 0.568. The van der Waals surface area contributed by atoms with Crippen LogP contribution in [0.2, 0.25) is 0 Å². The number of nitrogens with zero attached hydrogens (tertiary/aromatic N) is 2. The maximum atomic E-state index is 8.71. The second-order valence-corrected chi connectivity index (χ2v) is 2.63. The highest BCUT2D eigenvalue weighted by atomic mass is 16.3. The predicted octanol–water partition coefficient (Wildman–Crippen LogP) is 3.43. The predicted molar refractivity (Wildman–Crippen MR) is 48.9 cm³/mol. The molecule has 0 N–H and O–H groups in total. The Hall–Kier alpha value is -2.08. The van der Waals surface area contributed by atoms with Gasteiger partial charge in [-0.2, -0.15) is 0 Å². The SMILES string of the molecule is N#[N+]c1ccccc1-c1ccoc1. The Morgan fingerprint density at radius 3 is 2.69 bits per heavy atom. The average molecular weight is 171 g/mol. The van der Waals surface area contributed by atoms with Gasteiger partial charge in [0.25, 0.3) is 0 Å². The van der Waals surface area contributed by atoms with E-state index in [1.54, 1.807) is 18.6 Å². The molecule has 62 valence electrons. The summed E-state index contributed by atoms with van der Waals surface area (Å²) in [4.78, 5) is 3.18. The van der Waals surface area contributed by atoms with Gasteiger partial charge in [-0.25, -0.2) is 0 Å². The maximum Gasteiger partial charge on any atom is 0.392 e. The Bertz CT molecular complexity index is 440. The molecule has 0 atom stereocenters. The van der Waals surface area contributed by atoms with Gasteiger partial charge in [0.05, 0.1) is 18.1 Å². The summed E-state index contributed by atoms with van der Waals surface area (Å²) in [6.07, 6.45) is 3.20. The Balaban J connectivity index is 2.59. The van der Waals surface area contributed by atoms with E-state index in [1.165, 1.54) is 0 Å². The van der Waals surface area contributed by atoms with Crippen LogP contribution in [-0.4, -0.2) is 0 Å². The van der Waals surface area contributed by atoms with Gasteiger partial charge in [0, 0.05) is 11.6 Å². The lowest BCUT2D eigenvalue weighted by Gasteiger charge is -1.89. The number of rotatable bonds is 1. The quantitative estimate of drug-likeness (QED) is 0.616. The molecule has 0 bridgehead atoms. The van der Waals surface area contributed by atoms with Gasteiger partial charge in [0.1, 0.15) is 0 Å². The van der Waals surface area contributed by atoms with E-state index < -0.39 is 0 Å². The van der Waals surface area contributed by atoms with Gasteiger partial charge < -0.3 is 4.42 Å². The summed E-state index contributed by atoms with van der Waals surface area (Å²) in [6, 6.07) is 9.14. The standard InChI is InChI=1S/C10H7N2O/c11-12-10-4-2-1-3-9(10)8-5-6-13-7-8/h1-7H/q+1. The van der Waals surface area contributed by atoms with Gasteiger partial charge in [-0.3, -0.25) is 0 Å². The van der Waals surface area contributed by atoms with Crippen LogP contribution in [0.3, 0.4) is 0 Å². The van der Waals surface area contributed by atoms with Crippen LogP contribution in [0.25, 0.3) is 16.1 Å². The third-order valence-corrected chi connectivity index (χ3v) is 1.84. The average Bonchev–Trinajstić information content (AvgIpc) is 2.70. The molecule has 2 aromatic rings. The molecule has 0 amide bonds. The van der Waals surface area contributed by atoms with Crippen LogP contribution in [0.5, 0.6) is 0 Å². The van der Waals surface area contributed by atoms with E-state index in [4.69, 9.17) is 9.81 Å². The van der Waals surface area contributed by atoms with Gasteiger partial charge >= 0.3 is 5.69 Å². The van der Waals surface area contributed by atoms with Gasteiger partial charge in [0.2, 0.25) is 5.39 Å². The Morgan fingerprint density at radius 2 is 2.00 bits per heavy atom. The molecule has 13 heavy (non-hydrogen) atoms. The molecule has 0 saturated heterocycles. The molecule has 1 heterocycles. The molecular weight excluding hydrogens is 164 g/mol. The lowest BCUT2D eigenvalue weighted by Crippen LogP contribution is -1.72. The van der Waals surface area contributed by atoms with Crippen molar-refractivity contribution in [1.82, 2.24) is 0 Å². The summed E-state index contributed by atoms with van der Waals surface area (Å²) < 4.78 is 4.95. The number of hydrogen-bond acceptors (Lipinski definition) is 2. The van der Waals surface area contributed by atoms with Crippen molar-refractivity contribution < 1.29 is 4.42 Å². The van der Waals surface area contributed by atoms with E-state index in [0.29, 0.717) is 5.69 Å². The van der Waals surface area contributed by atoms with Gasteiger partial charge in [-0.15, -0.1) is 0 Å². The van der Waals surface area contributed by atoms with Gasteiger partial charge in [-0.05, 0) is 12.1 Å². The zero-order valence-corrected chi connectivity index (χ0v) is 6.84. The molecule has 0 aliphatic carbocycles. The molecule has 1 aromatic heterocycles. The number of furan rings is 1. The van der Waals surface area contributed by atoms with E-state index in [0.717, 1.165) is 11.1 Å². The first kappa shape index (κ1) is 7.56. The van der Waals surface area contributed by atoms with E-state index >= 15 is 0 Å². The van der Waals surface area contributed by atoms with Crippen LogP contribution in [0.1, 0.15) is 0 Å². The first-order valence-electron chi connectivity index (χ1n) is 3.88. The highest BCUT2D eigenvalue weighted by Gasteiger charge is 2.14. The van der Waals surface area contributed by atoms with Crippen molar-refractivity contribution in [2.24, 2.45) is 0 Å². The van der Waals surface area contributed by atoms with Crippen LogP contribution in [-0.2, 0) is 0 Å². The van der Waals surface area contributed by atoms with Crippen molar-refractivity contribution in [3.63, 3.8) is 0 Å². The molecule has 3 nitrogen and oxygen atoms in total. The molecular formula is C10H7N2O+. The number of diazo groups is 1. The van der Waals surface area contributed by atoms with Crippen molar-refractivity contribution in [3.05, 3.63) is 47.8 Å². The van der Waals surface area contributed by atoms with Crippen molar-refractivity contribution in [2.75, 3.05) is 0 Å². The lowest BCUT2D eigenvalue weighted by atomic mass is 10.1. The first-order chi connectivity index (χ1) is 6.42. The normalized spacial score (nSPS) is 9.46. The van der Waals surface area contributed by atoms with Gasteiger partial charge in [-0.1, -0.05) is 12.1 Å². The Morgan fingerprint density at radius 1 is 1.15 bits per heavy atom. The zero-order valence-electron chi connectivity index (χ0n) is 6.84. The molecule has 2 rings (SSSR count). The molecule has 0 radical (unpaired) electrons. The summed E-state index contributed by atoms with van der Waals surface area (Å²) in [5, 5.41) is 8.71. The maximum absolute atomic E-state index is 8.71. The molecule has 0 spiro atoms. The monoisotopic (exact) mass is 171 g/mol. The van der Waals surface area contributed by atoms with Crippen molar-refractivity contribution in [3.8, 4) is 11.1 Å². The third-order valence-electron chi connectivity index (χ3n) is 1.84. The third kappa shape index (κ3) is 1.30. The summed E-state index contributed by atoms with van der Waals surface area (Å²) in [5.74, 6) is 0. The van der Waals surface area contributed by atoms with Crippen LogP contribution < -0.4 is 0 Å². The minimum absolute atomic E-state index is 0.545. The van der Waals surface area contributed by atoms with E-state index in [2.05, 4.69) is 4.98 Å². The van der Waals surface area contributed by atoms with E-state index in [-0.39, 0.29) is 0 Å². The van der Waals surface area contributed by atoms with E-state index in [1.807, 2.05) is 24.3 Å². The van der Waals surface area contributed by atoms with Gasteiger partial charge in [0.15, 0.2) is 4.98 Å². The van der Waals surface area contributed by atoms with Crippen molar-refractivity contribution >= 4 is 5.69 Å². The highest BCUT2D eigenvalue weighted by Crippen LogP contribution is 2.29. The second kappa shape index (κ2) is 3.11. The zero-order chi connectivity index (χ0) is 9.10. The minimum Gasteiger partial charge on any atom is -0.472 e. The van der Waals surface area contributed by atoms with Crippen LogP contribution in [0.15, 0.2) is 47.3 Å². The summed E-state index contributed by atoms with van der Waals surface area (Å²) in [7, 11) is 0. The molecule has 0 aliphatic rings. The smallest absolute Gasteiger partial charge is 0.392 e. The molecule has 0 saturated carbocycles. The fraction of sp³-hybridized carbons (Fsp3) is 0. The number of hydrogen-bond donors (Lipinski definition) is 0. The van der Waals surface area contributed by atoms with Crippen molar-refractivity contribution in [2.45, 2.75) is 0 Å². The molecule has 0 fully saturated rings. The van der Waals surface area contributed by atoms with Crippen LogP contribution in [0.4, 0.5) is 5.69 Å². The first-order valence-corrected chi connectivity index (χ1v) is 3.88. The minimum atomic E-state index is 0.545. The highest BCUT2D eigenvalue weighted by molar-refractivity contribution is 5.77. The molecule has 0 aliphatic heterocycles. The van der Waals surface area contributed by atoms with Crippen LogP contribution in [0, 0.1) is 5.39 Å². The summed E-state index contributed by atoms with van der Waals surface area (Å²) in [5.41, 5.74) is 2.32. The molecule has 0 unspecified atom stereocenters. The molecule has 1 aromatic carbocycles. The fourth-order valence-electron chi connectivity index (χ4n) is 1.22. The number of benzene rings is 1.